The average molecular weight is 481 g/mol. The minimum Gasteiger partial charge on any atom is -0.356 e. The van der Waals surface area contributed by atoms with Crippen molar-refractivity contribution < 1.29 is 9.18 Å². The summed E-state index contributed by atoms with van der Waals surface area (Å²) in [5, 5.41) is 0. The number of benzene rings is 1. The molecule has 168 valence electrons. The molecule has 0 N–H and O–H groups in total. The molecule has 0 aliphatic carbocycles. The number of carbonyl (C=O) groups excluding carboxylic acids is 1. The van der Waals surface area contributed by atoms with Gasteiger partial charge in [0.2, 0.25) is 0 Å². The molecule has 0 atom stereocenters. The molecule has 0 unspecified atom stereocenters. The first-order valence-electron chi connectivity index (χ1n) is 10.8. The third kappa shape index (κ3) is 4.30. The molecule has 3 aromatic rings. The van der Waals surface area contributed by atoms with Gasteiger partial charge >= 0.3 is 0 Å². The molecule has 5 rings (SSSR count). The number of thiocarbonyl (C=S) groups is 1. The molecule has 9 heteroatoms. The minimum absolute atomic E-state index is 0.218. The van der Waals surface area contributed by atoms with Gasteiger partial charge in [-0.2, -0.15) is 0 Å². The Morgan fingerprint density at radius 3 is 2.58 bits per heavy atom. The van der Waals surface area contributed by atoms with Gasteiger partial charge in [-0.05, 0) is 55.2 Å². The highest BCUT2D eigenvalue weighted by Gasteiger charge is 2.33. The van der Waals surface area contributed by atoms with Crippen molar-refractivity contribution >= 4 is 51.7 Å². The van der Waals surface area contributed by atoms with Crippen molar-refractivity contribution in [2.45, 2.75) is 25.8 Å². The van der Waals surface area contributed by atoms with E-state index in [2.05, 4.69) is 4.90 Å². The van der Waals surface area contributed by atoms with E-state index in [0.717, 1.165) is 37.9 Å². The third-order valence-corrected chi connectivity index (χ3v) is 7.19. The van der Waals surface area contributed by atoms with E-state index in [1.807, 2.05) is 6.07 Å². The molecule has 4 heterocycles. The Hall–Kier alpha value is -3.04. The molecule has 2 fully saturated rings. The van der Waals surface area contributed by atoms with Crippen LogP contribution in [0.1, 0.15) is 30.4 Å². The van der Waals surface area contributed by atoms with E-state index in [1.165, 1.54) is 33.2 Å². The largest absolute Gasteiger partial charge is 0.356 e. The summed E-state index contributed by atoms with van der Waals surface area (Å²) < 4.78 is 15.1. The smallest absolute Gasteiger partial charge is 0.267 e. The maximum Gasteiger partial charge on any atom is 0.267 e. The van der Waals surface area contributed by atoms with Crippen LogP contribution >= 0.6 is 24.0 Å². The van der Waals surface area contributed by atoms with Gasteiger partial charge in [-0.25, -0.2) is 9.37 Å². The number of anilines is 1. The van der Waals surface area contributed by atoms with Gasteiger partial charge in [-0.1, -0.05) is 42.2 Å². The van der Waals surface area contributed by atoms with Gasteiger partial charge in [0.05, 0.1) is 17.0 Å². The second-order valence-corrected chi connectivity index (χ2v) is 9.70. The highest BCUT2D eigenvalue weighted by molar-refractivity contribution is 8.26. The monoisotopic (exact) mass is 480 g/mol. The number of nitrogens with zero attached hydrogens (tertiary/aromatic N) is 4. The fraction of sp³-hybridized carbons (Fsp3) is 0.250. The van der Waals surface area contributed by atoms with Crippen LogP contribution in [0.3, 0.4) is 0 Å². The molecule has 2 aliphatic heterocycles. The number of halogens is 1. The average Bonchev–Trinajstić information content (AvgIpc) is 3.10. The minimum atomic E-state index is -0.335. The van der Waals surface area contributed by atoms with E-state index in [1.54, 1.807) is 36.5 Å². The van der Waals surface area contributed by atoms with Gasteiger partial charge < -0.3 is 4.90 Å². The molecule has 0 spiro atoms. The van der Waals surface area contributed by atoms with Crippen molar-refractivity contribution in [2.24, 2.45) is 0 Å². The second-order valence-electron chi connectivity index (χ2n) is 8.03. The first-order chi connectivity index (χ1) is 16.0. The molecular weight excluding hydrogens is 459 g/mol. The number of pyridine rings is 1. The summed E-state index contributed by atoms with van der Waals surface area (Å²) >= 11 is 6.62. The Morgan fingerprint density at radius 1 is 1.06 bits per heavy atom. The summed E-state index contributed by atoms with van der Waals surface area (Å²) in [4.78, 5) is 35.4. The molecular formula is C24H21FN4O2S2. The molecule has 33 heavy (non-hydrogen) atoms. The van der Waals surface area contributed by atoms with Crippen molar-refractivity contribution in [1.82, 2.24) is 14.3 Å². The van der Waals surface area contributed by atoms with E-state index in [9.17, 15) is 14.0 Å². The van der Waals surface area contributed by atoms with Crippen LogP contribution in [-0.2, 0) is 11.3 Å². The zero-order valence-corrected chi connectivity index (χ0v) is 19.4. The summed E-state index contributed by atoms with van der Waals surface area (Å²) in [7, 11) is 0. The fourth-order valence-corrected chi connectivity index (χ4v) is 5.34. The summed E-state index contributed by atoms with van der Waals surface area (Å²) in [6.45, 7) is 1.89. The number of aromatic nitrogens is 2. The van der Waals surface area contributed by atoms with Crippen LogP contribution in [0.2, 0.25) is 0 Å². The Bertz CT molecular complexity index is 1330. The Morgan fingerprint density at radius 2 is 1.82 bits per heavy atom. The van der Waals surface area contributed by atoms with Crippen molar-refractivity contribution in [3.63, 3.8) is 0 Å². The lowest BCUT2D eigenvalue weighted by Crippen LogP contribution is -2.33. The number of carbonyl (C=O) groups is 1. The predicted octanol–water partition coefficient (Wildman–Crippen LogP) is 4.23. The lowest BCUT2D eigenvalue weighted by atomic mass is 10.1. The number of fused-ring (bicyclic) bond motifs is 1. The van der Waals surface area contributed by atoms with Crippen molar-refractivity contribution in [2.75, 3.05) is 18.0 Å². The molecule has 0 radical (unpaired) electrons. The van der Waals surface area contributed by atoms with E-state index in [4.69, 9.17) is 17.2 Å². The van der Waals surface area contributed by atoms with Crippen LogP contribution in [0.15, 0.2) is 58.4 Å². The molecule has 2 saturated heterocycles. The maximum absolute atomic E-state index is 13.4. The SMILES string of the molecule is O=C1C(=Cc2c(N3CCCCC3)nc3ccccn3c2=O)SC(=S)N1Cc1ccc(F)cc1. The molecule has 2 aliphatic rings. The first kappa shape index (κ1) is 21.8. The van der Waals surface area contributed by atoms with Crippen LogP contribution in [0.4, 0.5) is 10.2 Å². The zero-order valence-electron chi connectivity index (χ0n) is 17.7. The lowest BCUT2D eigenvalue weighted by molar-refractivity contribution is -0.122. The van der Waals surface area contributed by atoms with Crippen LogP contribution in [0, 0.1) is 5.82 Å². The van der Waals surface area contributed by atoms with Gasteiger partial charge in [0, 0.05) is 19.3 Å². The second kappa shape index (κ2) is 9.07. The Labute approximate surface area is 199 Å². The van der Waals surface area contributed by atoms with Gasteiger partial charge in [-0.3, -0.25) is 18.9 Å². The normalized spacial score (nSPS) is 18.0. The van der Waals surface area contributed by atoms with Crippen LogP contribution < -0.4 is 10.5 Å². The number of hydrogen-bond donors (Lipinski definition) is 0. The first-order valence-corrected chi connectivity index (χ1v) is 12.0. The standard InChI is InChI=1S/C24H21FN4O2S2/c25-17-9-7-16(8-10-17)15-29-23(31)19(33-24(29)32)14-18-21(27-11-3-1-4-12-27)26-20-6-2-5-13-28(20)22(18)30/h2,5-10,13-14H,1,3-4,11-12,15H2. The van der Waals surface area contributed by atoms with Crippen LogP contribution in [-0.4, -0.2) is 37.6 Å². The molecule has 1 aromatic carbocycles. The summed E-state index contributed by atoms with van der Waals surface area (Å²) in [5.74, 6) is 0.00439. The zero-order chi connectivity index (χ0) is 22.9. The van der Waals surface area contributed by atoms with Crippen molar-refractivity contribution in [3.05, 3.63) is 80.9 Å². The van der Waals surface area contributed by atoms with E-state index < -0.39 is 0 Å². The van der Waals surface area contributed by atoms with E-state index in [-0.39, 0.29) is 23.8 Å². The molecule has 0 saturated carbocycles. The predicted molar refractivity (Wildman–Crippen MR) is 133 cm³/mol. The Kier molecular flexibility index (Phi) is 5.99. The number of rotatable bonds is 4. The number of amides is 1. The van der Waals surface area contributed by atoms with Gasteiger partial charge in [0.15, 0.2) is 0 Å². The third-order valence-electron chi connectivity index (χ3n) is 5.81. The fourth-order valence-electron chi connectivity index (χ4n) is 4.10. The van der Waals surface area contributed by atoms with Gasteiger partial charge in [-0.15, -0.1) is 0 Å². The number of hydrogen-bond acceptors (Lipinski definition) is 6. The number of thioether (sulfide) groups is 1. The summed E-state index contributed by atoms with van der Waals surface area (Å²) in [5.41, 5.74) is 1.52. The van der Waals surface area contributed by atoms with E-state index in [0.29, 0.717) is 26.3 Å². The van der Waals surface area contributed by atoms with E-state index >= 15 is 0 Å². The van der Waals surface area contributed by atoms with Crippen LogP contribution in [0.25, 0.3) is 11.7 Å². The number of piperidine rings is 1. The maximum atomic E-state index is 13.4. The van der Waals surface area contributed by atoms with Crippen molar-refractivity contribution in [3.8, 4) is 0 Å². The quantitative estimate of drug-likeness (QED) is 0.412. The molecule has 0 bridgehead atoms. The highest BCUT2D eigenvalue weighted by atomic mass is 32.2. The van der Waals surface area contributed by atoms with Crippen LogP contribution in [0.5, 0.6) is 0 Å². The molecule has 1 amide bonds. The summed E-state index contributed by atoms with van der Waals surface area (Å²) in [6, 6.07) is 11.4. The highest BCUT2D eigenvalue weighted by Crippen LogP contribution is 2.34. The molecule has 6 nitrogen and oxygen atoms in total. The lowest BCUT2D eigenvalue weighted by Gasteiger charge is -2.29. The van der Waals surface area contributed by atoms with Gasteiger partial charge in [0.1, 0.15) is 21.6 Å². The summed E-state index contributed by atoms with van der Waals surface area (Å²) in [6.07, 6.45) is 6.54. The molecule has 2 aromatic heterocycles. The topological polar surface area (TPSA) is 57.9 Å². The van der Waals surface area contributed by atoms with Crippen molar-refractivity contribution in [1.29, 1.82) is 0 Å². The van der Waals surface area contributed by atoms with Gasteiger partial charge in [0.25, 0.3) is 11.5 Å². The Balaban J connectivity index is 1.54.